The van der Waals surface area contributed by atoms with Crippen LogP contribution in [0.15, 0.2) is 10.4 Å². The third kappa shape index (κ3) is 6.15. The smallest absolute Gasteiger partial charge is 0.194 e. The van der Waals surface area contributed by atoms with Crippen molar-refractivity contribution in [3.05, 3.63) is 31.7 Å². The van der Waals surface area contributed by atoms with Gasteiger partial charge in [-0.15, -0.1) is 46.7 Å². The SMILES string of the molecule is CN=C(NCc1sc(C)nc1C)N(C)Cc1csc(C(C)OC)n1.I. The van der Waals surface area contributed by atoms with Gasteiger partial charge in [0.2, 0.25) is 0 Å². The van der Waals surface area contributed by atoms with Gasteiger partial charge >= 0.3 is 0 Å². The maximum atomic E-state index is 5.32. The highest BCUT2D eigenvalue weighted by atomic mass is 127. The molecular formula is C16H26IN5OS2. The van der Waals surface area contributed by atoms with Crippen molar-refractivity contribution in [1.29, 1.82) is 0 Å². The van der Waals surface area contributed by atoms with E-state index in [1.54, 1.807) is 36.8 Å². The van der Waals surface area contributed by atoms with Crippen LogP contribution in [0.1, 0.15) is 39.3 Å². The number of halogens is 1. The van der Waals surface area contributed by atoms with Crippen molar-refractivity contribution < 1.29 is 4.74 Å². The Balaban J connectivity index is 0.00000312. The van der Waals surface area contributed by atoms with E-state index in [4.69, 9.17) is 4.74 Å². The molecule has 0 bridgehead atoms. The van der Waals surface area contributed by atoms with Crippen LogP contribution in [-0.4, -0.2) is 42.0 Å². The van der Waals surface area contributed by atoms with Gasteiger partial charge in [0.25, 0.3) is 0 Å². The second-order valence-corrected chi connectivity index (χ2v) is 7.73. The minimum absolute atomic E-state index is 0. The van der Waals surface area contributed by atoms with Crippen LogP contribution >= 0.6 is 46.7 Å². The summed E-state index contributed by atoms with van der Waals surface area (Å²) in [7, 11) is 5.51. The van der Waals surface area contributed by atoms with Crippen molar-refractivity contribution in [1.82, 2.24) is 20.2 Å². The standard InChI is InChI=1S/C16H25N5OS2.HI/c1-10-14(24-12(3)19-10)7-18-16(17-4)21(5)8-13-9-23-15(20-13)11(2)22-6;/h9,11H,7-8H2,1-6H3,(H,17,18);1H. The van der Waals surface area contributed by atoms with Crippen LogP contribution < -0.4 is 5.32 Å². The van der Waals surface area contributed by atoms with Gasteiger partial charge in [-0.3, -0.25) is 4.99 Å². The van der Waals surface area contributed by atoms with Gasteiger partial charge < -0.3 is 15.0 Å². The van der Waals surface area contributed by atoms with Crippen molar-refractivity contribution in [2.75, 3.05) is 21.2 Å². The number of nitrogens with one attached hydrogen (secondary N) is 1. The molecule has 0 aliphatic rings. The van der Waals surface area contributed by atoms with Crippen molar-refractivity contribution in [3.8, 4) is 0 Å². The Morgan fingerprint density at radius 2 is 2.12 bits per heavy atom. The van der Waals surface area contributed by atoms with E-state index in [0.717, 1.165) is 33.9 Å². The number of rotatable bonds is 6. The molecule has 2 aromatic heterocycles. The lowest BCUT2D eigenvalue weighted by Gasteiger charge is -2.21. The van der Waals surface area contributed by atoms with Gasteiger partial charge in [0.15, 0.2) is 5.96 Å². The lowest BCUT2D eigenvalue weighted by molar-refractivity contribution is 0.119. The summed E-state index contributed by atoms with van der Waals surface area (Å²) in [6, 6.07) is 0. The quantitative estimate of drug-likeness (QED) is 0.376. The van der Waals surface area contributed by atoms with Crippen molar-refractivity contribution in [2.24, 2.45) is 4.99 Å². The molecule has 0 spiro atoms. The van der Waals surface area contributed by atoms with Gasteiger partial charge in [-0.2, -0.15) is 0 Å². The van der Waals surface area contributed by atoms with Crippen LogP contribution in [-0.2, 0) is 17.8 Å². The summed E-state index contributed by atoms with van der Waals surface area (Å²) in [4.78, 5) is 16.8. The Morgan fingerprint density at radius 1 is 1.40 bits per heavy atom. The molecule has 1 N–H and O–H groups in total. The molecule has 0 aromatic carbocycles. The molecule has 0 aliphatic heterocycles. The molecule has 9 heteroatoms. The first-order valence-electron chi connectivity index (χ1n) is 7.76. The zero-order chi connectivity index (χ0) is 17.7. The minimum atomic E-state index is 0. The van der Waals surface area contributed by atoms with Gasteiger partial charge in [-0.1, -0.05) is 0 Å². The first kappa shape index (κ1) is 22.3. The summed E-state index contributed by atoms with van der Waals surface area (Å²) in [5.74, 6) is 0.842. The maximum absolute atomic E-state index is 5.32. The van der Waals surface area contributed by atoms with E-state index in [-0.39, 0.29) is 30.1 Å². The van der Waals surface area contributed by atoms with E-state index in [2.05, 4.69) is 30.6 Å². The predicted octanol–water partition coefficient (Wildman–Crippen LogP) is 3.75. The number of aliphatic imine (C=N–C) groups is 1. The normalized spacial score (nSPS) is 12.6. The predicted molar refractivity (Wildman–Crippen MR) is 116 cm³/mol. The van der Waals surface area contributed by atoms with E-state index >= 15 is 0 Å². The second-order valence-electron chi connectivity index (χ2n) is 5.55. The Morgan fingerprint density at radius 3 is 2.68 bits per heavy atom. The maximum Gasteiger partial charge on any atom is 0.194 e. The Kier molecular flexibility index (Phi) is 9.25. The van der Waals surface area contributed by atoms with E-state index in [1.165, 1.54) is 4.88 Å². The average molecular weight is 495 g/mol. The molecule has 2 rings (SSSR count). The fraction of sp³-hybridized carbons (Fsp3) is 0.562. The molecule has 0 saturated heterocycles. The highest BCUT2D eigenvalue weighted by Crippen LogP contribution is 2.21. The number of aromatic nitrogens is 2. The van der Waals surface area contributed by atoms with E-state index < -0.39 is 0 Å². The summed E-state index contributed by atoms with van der Waals surface area (Å²) in [6.07, 6.45) is 0.0315. The van der Waals surface area contributed by atoms with Crippen molar-refractivity contribution >= 4 is 52.6 Å². The molecule has 0 fully saturated rings. The van der Waals surface area contributed by atoms with Gasteiger partial charge in [0.05, 0.1) is 29.5 Å². The van der Waals surface area contributed by atoms with Crippen LogP contribution in [0.5, 0.6) is 0 Å². The molecule has 0 aliphatic carbocycles. The molecule has 1 atom stereocenters. The highest BCUT2D eigenvalue weighted by molar-refractivity contribution is 14.0. The Hall–Kier alpha value is -0.780. The lowest BCUT2D eigenvalue weighted by atomic mass is 10.4. The molecule has 0 amide bonds. The van der Waals surface area contributed by atoms with Gasteiger partial charge in [0.1, 0.15) is 11.1 Å². The minimum Gasteiger partial charge on any atom is -0.375 e. The molecule has 0 saturated carbocycles. The number of nitrogens with zero attached hydrogens (tertiary/aromatic N) is 4. The molecule has 0 radical (unpaired) electrons. The monoisotopic (exact) mass is 495 g/mol. The third-order valence-corrected chi connectivity index (χ3v) is 5.78. The number of methoxy groups -OCH3 is 1. The van der Waals surface area contributed by atoms with E-state index in [1.807, 2.05) is 27.8 Å². The Labute approximate surface area is 174 Å². The average Bonchev–Trinajstić information content (AvgIpc) is 3.13. The molecule has 6 nitrogen and oxygen atoms in total. The molecule has 140 valence electrons. The molecular weight excluding hydrogens is 469 g/mol. The first-order valence-corrected chi connectivity index (χ1v) is 9.46. The van der Waals surface area contributed by atoms with Crippen molar-refractivity contribution in [2.45, 2.75) is 40.0 Å². The summed E-state index contributed by atoms with van der Waals surface area (Å²) < 4.78 is 5.32. The third-order valence-electron chi connectivity index (χ3n) is 3.65. The fourth-order valence-electron chi connectivity index (χ4n) is 2.28. The largest absolute Gasteiger partial charge is 0.375 e. The van der Waals surface area contributed by atoms with Crippen LogP contribution in [0, 0.1) is 13.8 Å². The first-order chi connectivity index (χ1) is 11.4. The number of aryl methyl sites for hydroxylation is 2. The van der Waals surface area contributed by atoms with Gasteiger partial charge in [-0.05, 0) is 20.8 Å². The van der Waals surface area contributed by atoms with Crippen LogP contribution in [0.4, 0.5) is 0 Å². The zero-order valence-corrected chi connectivity index (χ0v) is 19.5. The lowest BCUT2D eigenvalue weighted by Crippen LogP contribution is -2.38. The number of thiazole rings is 2. The summed E-state index contributed by atoms with van der Waals surface area (Å²) in [5, 5.41) is 7.56. The number of ether oxygens (including phenoxy) is 1. The summed E-state index contributed by atoms with van der Waals surface area (Å²) in [6.45, 7) is 7.51. The van der Waals surface area contributed by atoms with Gasteiger partial charge in [0, 0.05) is 31.5 Å². The fourth-order valence-corrected chi connectivity index (χ4v) is 4.00. The van der Waals surface area contributed by atoms with Crippen LogP contribution in [0.25, 0.3) is 0 Å². The summed E-state index contributed by atoms with van der Waals surface area (Å²) >= 11 is 3.35. The molecule has 25 heavy (non-hydrogen) atoms. The van der Waals surface area contributed by atoms with Crippen LogP contribution in [0.3, 0.4) is 0 Å². The zero-order valence-electron chi connectivity index (χ0n) is 15.5. The number of hydrogen-bond donors (Lipinski definition) is 1. The van der Waals surface area contributed by atoms with Crippen molar-refractivity contribution in [3.63, 3.8) is 0 Å². The molecule has 1 unspecified atom stereocenters. The van der Waals surface area contributed by atoms with Crippen LogP contribution in [0.2, 0.25) is 0 Å². The highest BCUT2D eigenvalue weighted by Gasteiger charge is 2.13. The Bertz CT molecular complexity index is 701. The molecule has 2 heterocycles. The molecule has 2 aromatic rings. The van der Waals surface area contributed by atoms with E-state index in [9.17, 15) is 0 Å². The van der Waals surface area contributed by atoms with E-state index in [0.29, 0.717) is 6.54 Å². The second kappa shape index (κ2) is 10.4. The van der Waals surface area contributed by atoms with Gasteiger partial charge in [-0.25, -0.2) is 9.97 Å². The topological polar surface area (TPSA) is 62.6 Å². The number of hydrogen-bond acceptors (Lipinski definition) is 6. The summed E-state index contributed by atoms with van der Waals surface area (Å²) in [5.41, 5.74) is 2.11. The number of guanidine groups is 1.